The van der Waals surface area contributed by atoms with E-state index in [2.05, 4.69) is 20.3 Å². The third-order valence-corrected chi connectivity index (χ3v) is 7.50. The van der Waals surface area contributed by atoms with Crippen molar-refractivity contribution in [3.63, 3.8) is 0 Å². The van der Waals surface area contributed by atoms with Crippen LogP contribution < -0.4 is 15.0 Å². The summed E-state index contributed by atoms with van der Waals surface area (Å²) in [5, 5.41) is 3.45. The maximum atomic E-state index is 13.3. The molecular weight excluding hydrogens is 507 g/mol. The summed E-state index contributed by atoms with van der Waals surface area (Å²) >= 11 is 1.45. The number of anilines is 1. The molecule has 1 saturated carbocycles. The number of hydrogen-bond donors (Lipinski definition) is 1. The highest BCUT2D eigenvalue weighted by Gasteiger charge is 2.35. The summed E-state index contributed by atoms with van der Waals surface area (Å²) in [5.41, 5.74) is 1.72. The Morgan fingerprint density at radius 2 is 1.95 bits per heavy atom. The zero-order chi connectivity index (χ0) is 26.3. The zero-order valence-electron chi connectivity index (χ0n) is 20.1. The van der Waals surface area contributed by atoms with Gasteiger partial charge in [-0.1, -0.05) is 6.42 Å². The number of thiazole rings is 1. The third-order valence-electron chi connectivity index (χ3n) is 6.55. The van der Waals surface area contributed by atoms with Crippen molar-refractivity contribution in [3.8, 4) is 16.3 Å². The molecule has 2 aliphatic rings. The van der Waals surface area contributed by atoms with E-state index in [9.17, 15) is 22.8 Å². The second kappa shape index (κ2) is 9.73. The van der Waals surface area contributed by atoms with Gasteiger partial charge < -0.3 is 15.0 Å². The van der Waals surface area contributed by atoms with Gasteiger partial charge in [0.05, 0.1) is 17.3 Å². The maximum absolute atomic E-state index is 13.3. The minimum Gasteiger partial charge on any atom is -0.481 e. The van der Waals surface area contributed by atoms with E-state index in [1.54, 1.807) is 30.2 Å². The van der Waals surface area contributed by atoms with Crippen LogP contribution in [0.3, 0.4) is 0 Å². The number of rotatable bonds is 6. The number of amides is 2. The molecule has 1 N–H and O–H groups in total. The topological polar surface area (TPSA) is 97.3 Å². The van der Waals surface area contributed by atoms with E-state index >= 15 is 0 Å². The molecule has 2 aromatic heterocycles. The molecule has 1 fully saturated rings. The maximum Gasteiger partial charge on any atom is 0.451 e. The average molecular weight is 532 g/mol. The molecule has 5 rings (SSSR count). The Bertz CT molecular complexity index is 1340. The summed E-state index contributed by atoms with van der Waals surface area (Å²) in [5.74, 6) is -0.976. The Morgan fingerprint density at radius 3 is 2.54 bits per heavy atom. The molecule has 1 aliphatic heterocycles. The van der Waals surface area contributed by atoms with Crippen LogP contribution in [-0.2, 0) is 11.0 Å². The summed E-state index contributed by atoms with van der Waals surface area (Å²) in [6.45, 7) is 4.01. The molecule has 0 bridgehead atoms. The van der Waals surface area contributed by atoms with E-state index in [0.717, 1.165) is 36.5 Å². The van der Waals surface area contributed by atoms with Crippen molar-refractivity contribution in [2.24, 2.45) is 5.92 Å². The summed E-state index contributed by atoms with van der Waals surface area (Å²) in [6, 6.07) is 2.63. The highest BCUT2D eigenvalue weighted by atomic mass is 32.1. The smallest absolute Gasteiger partial charge is 0.451 e. The van der Waals surface area contributed by atoms with Crippen LogP contribution in [0.25, 0.3) is 10.6 Å². The van der Waals surface area contributed by atoms with Gasteiger partial charge in [0, 0.05) is 41.1 Å². The van der Waals surface area contributed by atoms with Gasteiger partial charge in [0.1, 0.15) is 5.01 Å². The first-order valence-electron chi connectivity index (χ1n) is 11.8. The zero-order valence-corrected chi connectivity index (χ0v) is 20.9. The Hall–Kier alpha value is -3.54. The normalized spacial score (nSPS) is 16.6. The minimum absolute atomic E-state index is 0.0897. The number of nitrogens with one attached hydrogen (secondary N) is 1. The number of alkyl halides is 3. The van der Waals surface area contributed by atoms with Crippen LogP contribution >= 0.6 is 11.3 Å². The fourth-order valence-corrected chi connectivity index (χ4v) is 5.06. The average Bonchev–Trinajstić information content (AvgIpc) is 3.27. The largest absolute Gasteiger partial charge is 0.481 e. The molecule has 194 valence electrons. The number of nitrogens with zero attached hydrogens (tertiary/aromatic N) is 4. The number of carbonyl (C=O) groups is 2. The number of aromatic nitrogens is 3. The molecule has 3 heterocycles. The molecule has 8 nitrogen and oxygen atoms in total. The lowest BCUT2D eigenvalue weighted by Crippen LogP contribution is -2.43. The van der Waals surface area contributed by atoms with E-state index in [1.165, 1.54) is 11.3 Å². The lowest BCUT2D eigenvalue weighted by atomic mass is 9.85. The monoisotopic (exact) mass is 531 g/mol. The number of benzene rings is 1. The summed E-state index contributed by atoms with van der Waals surface area (Å²) in [4.78, 5) is 40.0. The van der Waals surface area contributed by atoms with E-state index in [1.807, 2.05) is 6.92 Å². The summed E-state index contributed by atoms with van der Waals surface area (Å²) < 4.78 is 44.2. The van der Waals surface area contributed by atoms with Gasteiger partial charge >= 0.3 is 6.18 Å². The van der Waals surface area contributed by atoms with Gasteiger partial charge in [-0.05, 0) is 44.7 Å². The van der Waals surface area contributed by atoms with Crippen molar-refractivity contribution in [1.82, 2.24) is 20.3 Å². The number of carbonyl (C=O) groups excluding carboxylic acids is 2. The first-order valence-corrected chi connectivity index (χ1v) is 12.7. The van der Waals surface area contributed by atoms with Gasteiger partial charge in [-0.15, -0.1) is 11.3 Å². The fraction of sp³-hybridized carbons (Fsp3) is 0.400. The first-order chi connectivity index (χ1) is 17.6. The van der Waals surface area contributed by atoms with Crippen LogP contribution in [0.4, 0.5) is 18.9 Å². The third kappa shape index (κ3) is 5.15. The number of halogens is 3. The lowest BCUT2D eigenvalue weighted by Gasteiger charge is -2.36. The van der Waals surface area contributed by atoms with Crippen LogP contribution in [0.2, 0.25) is 0 Å². The standard InChI is InChI=1S/C25H24F3N5O3S/c1-13-8-29-23(37-13)18-6-16(7-19-21(18)36-12-20(34)33(19)11-15-4-3-5-15)22(35)32-14(2)17-9-30-24(31-10-17)25(26,27)28/h6-10,14-15H,3-5,11-12H2,1-2H3,(H,32,35). The van der Waals surface area contributed by atoms with Gasteiger partial charge in [0.25, 0.3) is 11.8 Å². The predicted molar refractivity (Wildman–Crippen MR) is 130 cm³/mol. The van der Waals surface area contributed by atoms with Crippen molar-refractivity contribution >= 4 is 28.8 Å². The van der Waals surface area contributed by atoms with Crippen molar-refractivity contribution in [1.29, 1.82) is 0 Å². The fourth-order valence-electron chi connectivity index (χ4n) is 4.29. The van der Waals surface area contributed by atoms with Gasteiger partial charge in [-0.3, -0.25) is 9.59 Å². The quantitative estimate of drug-likeness (QED) is 0.484. The molecule has 1 unspecified atom stereocenters. The Kier molecular flexibility index (Phi) is 6.61. The van der Waals surface area contributed by atoms with E-state index < -0.39 is 23.9 Å². The number of fused-ring (bicyclic) bond motifs is 1. The number of ether oxygens (including phenoxy) is 1. The number of aryl methyl sites for hydroxylation is 1. The van der Waals surface area contributed by atoms with Gasteiger partial charge in [-0.25, -0.2) is 15.0 Å². The molecule has 1 aromatic carbocycles. The summed E-state index contributed by atoms with van der Waals surface area (Å²) in [7, 11) is 0. The van der Waals surface area contributed by atoms with Gasteiger partial charge in [0.15, 0.2) is 12.4 Å². The summed E-state index contributed by atoms with van der Waals surface area (Å²) in [6.07, 6.45) is 2.40. The second-order valence-corrected chi connectivity index (χ2v) is 10.5. The Balaban J connectivity index is 1.47. The van der Waals surface area contributed by atoms with Crippen LogP contribution in [0.15, 0.2) is 30.7 Å². The molecule has 1 atom stereocenters. The highest BCUT2D eigenvalue weighted by molar-refractivity contribution is 7.15. The minimum atomic E-state index is -4.65. The van der Waals surface area contributed by atoms with Crippen molar-refractivity contribution in [2.75, 3.05) is 18.1 Å². The van der Waals surface area contributed by atoms with Crippen LogP contribution in [0.1, 0.15) is 58.9 Å². The van der Waals surface area contributed by atoms with E-state index in [0.29, 0.717) is 40.0 Å². The molecule has 0 saturated heterocycles. The van der Waals surface area contributed by atoms with E-state index in [4.69, 9.17) is 4.74 Å². The highest BCUT2D eigenvalue weighted by Crippen LogP contribution is 2.44. The second-order valence-electron chi connectivity index (χ2n) is 9.27. The van der Waals surface area contributed by atoms with Crippen LogP contribution in [-0.4, -0.2) is 39.9 Å². The van der Waals surface area contributed by atoms with Gasteiger partial charge in [-0.2, -0.15) is 13.2 Å². The van der Waals surface area contributed by atoms with Crippen molar-refractivity contribution in [3.05, 3.63) is 52.6 Å². The van der Waals surface area contributed by atoms with Gasteiger partial charge in [0.2, 0.25) is 5.82 Å². The molecule has 2 amide bonds. The molecule has 3 aromatic rings. The SMILES string of the molecule is Cc1cnc(-c2cc(C(=O)NC(C)c3cnc(C(F)(F)F)nc3)cc3c2OCC(=O)N3CC2CCC2)s1. The number of hydrogen-bond acceptors (Lipinski definition) is 7. The molecule has 37 heavy (non-hydrogen) atoms. The van der Waals surface area contributed by atoms with Crippen LogP contribution in [0.5, 0.6) is 5.75 Å². The van der Waals surface area contributed by atoms with E-state index in [-0.39, 0.29) is 18.1 Å². The predicted octanol–water partition coefficient (Wildman–Crippen LogP) is 4.94. The lowest BCUT2D eigenvalue weighted by molar-refractivity contribution is -0.145. The molecule has 12 heteroatoms. The molecule has 1 aliphatic carbocycles. The van der Waals surface area contributed by atoms with Crippen molar-refractivity contribution < 1.29 is 27.5 Å². The molecule has 0 spiro atoms. The Labute approximate surface area is 214 Å². The first kappa shape index (κ1) is 25.1. The molecular formula is C25H24F3N5O3S. The Morgan fingerprint density at radius 1 is 1.22 bits per heavy atom. The van der Waals surface area contributed by atoms with Crippen LogP contribution in [0, 0.1) is 12.8 Å². The molecule has 0 radical (unpaired) electrons. The van der Waals surface area contributed by atoms with Crippen molar-refractivity contribution in [2.45, 2.75) is 45.3 Å².